The first-order valence-corrected chi connectivity index (χ1v) is 39.6. The number of amides is 2. The van der Waals surface area contributed by atoms with Crippen molar-refractivity contribution in [2.24, 2.45) is 11.8 Å². The largest absolute Gasteiger partial charge is 0.337 e. The van der Waals surface area contributed by atoms with Gasteiger partial charge in [0.1, 0.15) is 10.0 Å². The molecule has 5 aromatic heterocycles. The van der Waals surface area contributed by atoms with E-state index in [2.05, 4.69) is 130 Å². The van der Waals surface area contributed by atoms with Gasteiger partial charge in [-0.1, -0.05) is 246 Å². The van der Waals surface area contributed by atoms with Crippen molar-refractivity contribution < 1.29 is 9.59 Å². The highest BCUT2D eigenvalue weighted by molar-refractivity contribution is 7.24. The fourth-order valence-electron chi connectivity index (χ4n) is 14.4. The summed E-state index contributed by atoms with van der Waals surface area (Å²) in [6.07, 6.45) is 45.5. The quantitative estimate of drug-likeness (QED) is 0.0357. The van der Waals surface area contributed by atoms with Gasteiger partial charge in [0.05, 0.1) is 47.6 Å². The Labute approximate surface area is 559 Å². The van der Waals surface area contributed by atoms with Crippen LogP contribution in [0.4, 0.5) is 0 Å². The Morgan fingerprint density at radius 3 is 1.23 bits per heavy atom. The van der Waals surface area contributed by atoms with Gasteiger partial charge in [-0.05, 0) is 112 Å². The van der Waals surface area contributed by atoms with Crippen LogP contribution in [0.1, 0.15) is 286 Å². The summed E-state index contributed by atoms with van der Waals surface area (Å²) in [6.45, 7) is 19.4. The molecule has 0 bridgehead atoms. The van der Waals surface area contributed by atoms with E-state index in [9.17, 15) is 0 Å². The van der Waals surface area contributed by atoms with Crippen LogP contribution < -0.4 is 0 Å². The Morgan fingerprint density at radius 2 is 0.778 bits per heavy atom. The molecule has 2 aliphatic rings. The zero-order chi connectivity index (χ0) is 63.2. The molecule has 0 N–H and O–H groups in total. The summed E-state index contributed by atoms with van der Waals surface area (Å²) in [7, 11) is 0. The van der Waals surface area contributed by atoms with Crippen molar-refractivity contribution in [1.29, 1.82) is 0 Å². The molecule has 0 saturated heterocycles. The molecule has 2 aliphatic heterocycles. The molecule has 0 radical (unpaired) electrons. The molecule has 2 atom stereocenters. The first kappa shape index (κ1) is 69.7. The third-order valence-electron chi connectivity index (χ3n) is 19.6. The van der Waals surface area contributed by atoms with E-state index in [4.69, 9.17) is 9.97 Å². The zero-order valence-electron chi connectivity index (χ0n) is 56.8. The maximum Gasteiger partial charge on any atom is 0.261 e. The number of hydrogen-bond donors (Lipinski definition) is 0. The second kappa shape index (κ2) is 36.1. The molecule has 2 aromatic carbocycles. The lowest BCUT2D eigenvalue weighted by Gasteiger charge is -2.29. The molecule has 9 rings (SSSR count). The smallest absolute Gasteiger partial charge is 0.261 e. The van der Waals surface area contributed by atoms with Crippen molar-refractivity contribution in [3.8, 4) is 30.2 Å². The van der Waals surface area contributed by atoms with E-state index in [1.54, 1.807) is 34.0 Å². The third-order valence-corrected chi connectivity index (χ3v) is 24.0. The highest BCUT2D eigenvalue weighted by atomic mass is 32.1. The third kappa shape index (κ3) is 18.0. The van der Waals surface area contributed by atoms with Crippen molar-refractivity contribution in [1.82, 2.24) is 24.3 Å². The Balaban J connectivity index is 1.12. The van der Waals surface area contributed by atoms with Gasteiger partial charge in [0.25, 0.3) is 11.8 Å². The summed E-state index contributed by atoms with van der Waals surface area (Å²) in [5.74, 6) is 0.617. The van der Waals surface area contributed by atoms with E-state index in [1.165, 1.54) is 222 Å². The van der Waals surface area contributed by atoms with Crippen molar-refractivity contribution in [3.63, 3.8) is 0 Å². The van der Waals surface area contributed by atoms with Crippen LogP contribution in [0, 0.1) is 25.7 Å². The van der Waals surface area contributed by atoms with Crippen molar-refractivity contribution in [2.45, 2.75) is 280 Å². The van der Waals surface area contributed by atoms with Gasteiger partial charge in [0.2, 0.25) is 0 Å². The SMILES string of the molecule is CCCCCCCCC(CCCCCC)CN1C(=O)C2=C(c3cnc(-c4ccc(-c5ccc6c7ccc(C)cc7n(C(CCCCCC)CCCCCC)c6c5)s4)s3)N(CC(CCCCCC)CCCCCCCC)C(=O)C2=C1c1cnc(-c2ccc(C)s2)s1. The van der Waals surface area contributed by atoms with E-state index in [1.807, 2.05) is 23.7 Å². The minimum atomic E-state index is -0.0230. The number of aromatic nitrogens is 3. The molecule has 7 heterocycles. The fraction of sp³-hybridized carbons (Fsp3) is 0.595. The fourth-order valence-corrected chi connectivity index (χ4v) is 18.4. The number of thiophene rings is 2. The predicted octanol–water partition coefficient (Wildman–Crippen LogP) is 25.4. The van der Waals surface area contributed by atoms with E-state index >= 15 is 9.59 Å². The first-order valence-electron chi connectivity index (χ1n) is 36.4. The lowest BCUT2D eigenvalue weighted by atomic mass is 9.93. The van der Waals surface area contributed by atoms with Crippen LogP contribution in [0.2, 0.25) is 0 Å². The Morgan fingerprint density at radius 1 is 0.389 bits per heavy atom. The highest BCUT2D eigenvalue weighted by Crippen LogP contribution is 2.51. The molecule has 0 spiro atoms. The second-order valence-electron chi connectivity index (χ2n) is 26.9. The highest BCUT2D eigenvalue weighted by Gasteiger charge is 2.50. The van der Waals surface area contributed by atoms with Crippen LogP contribution in [0.3, 0.4) is 0 Å². The van der Waals surface area contributed by atoms with Crippen molar-refractivity contribution in [3.05, 3.63) is 104 Å². The van der Waals surface area contributed by atoms with E-state index in [-0.39, 0.29) is 11.8 Å². The second-order valence-corrected chi connectivity index (χ2v) is 31.4. The summed E-state index contributed by atoms with van der Waals surface area (Å²) in [5, 5.41) is 4.57. The zero-order valence-corrected chi connectivity index (χ0v) is 60.1. The van der Waals surface area contributed by atoms with Crippen LogP contribution in [0.25, 0.3) is 63.4 Å². The Kier molecular flexibility index (Phi) is 27.9. The molecule has 2 amide bonds. The van der Waals surface area contributed by atoms with Gasteiger partial charge in [0.15, 0.2) is 0 Å². The molecular weight excluding hydrogens is 1180 g/mol. The minimum Gasteiger partial charge on any atom is -0.337 e. The summed E-state index contributed by atoms with van der Waals surface area (Å²) in [5.41, 5.74) is 7.99. The number of thiazole rings is 2. The maximum absolute atomic E-state index is 16.2. The molecule has 11 heteroatoms. The monoisotopic (exact) mass is 1290 g/mol. The van der Waals surface area contributed by atoms with Gasteiger partial charge in [-0.25, -0.2) is 9.97 Å². The van der Waals surface area contributed by atoms with Crippen molar-refractivity contribution >= 4 is 90.4 Å². The average Bonchev–Trinajstić information content (AvgIpc) is 1.60. The van der Waals surface area contributed by atoms with Crippen LogP contribution in [-0.4, -0.2) is 49.2 Å². The summed E-state index contributed by atoms with van der Waals surface area (Å²) < 4.78 is 2.75. The van der Waals surface area contributed by atoms with E-state index < -0.39 is 0 Å². The molecule has 90 heavy (non-hydrogen) atoms. The maximum atomic E-state index is 16.2. The van der Waals surface area contributed by atoms with E-state index in [0.29, 0.717) is 42.1 Å². The van der Waals surface area contributed by atoms with Crippen LogP contribution in [0.15, 0.2) is 84.2 Å². The number of hydrogen-bond acceptors (Lipinski definition) is 8. The number of nitrogens with zero attached hydrogens (tertiary/aromatic N) is 5. The molecule has 7 aromatic rings. The molecule has 0 saturated carbocycles. The Hall–Kier alpha value is -4.68. The number of rotatable bonds is 44. The van der Waals surface area contributed by atoms with Crippen LogP contribution in [-0.2, 0) is 9.59 Å². The Bertz CT molecular complexity index is 3410. The lowest BCUT2D eigenvalue weighted by Crippen LogP contribution is -2.34. The van der Waals surface area contributed by atoms with Gasteiger partial charge in [-0.3, -0.25) is 9.59 Å². The molecule has 2 unspecified atom stereocenters. The van der Waals surface area contributed by atoms with Gasteiger partial charge < -0.3 is 14.4 Å². The number of carbonyl (C=O) groups is 2. The molecule has 0 fully saturated rings. The minimum absolute atomic E-state index is 0.0230. The topological polar surface area (TPSA) is 71.3 Å². The molecule has 488 valence electrons. The van der Waals surface area contributed by atoms with Crippen LogP contribution in [0.5, 0.6) is 0 Å². The molecule has 0 aliphatic carbocycles. The number of fused-ring (bicyclic) bond motifs is 4. The van der Waals surface area contributed by atoms with Gasteiger partial charge in [-0.2, -0.15) is 0 Å². The predicted molar refractivity (Wildman–Crippen MR) is 393 cm³/mol. The molecule has 7 nitrogen and oxygen atoms in total. The number of benzene rings is 2. The van der Waals surface area contributed by atoms with Gasteiger partial charge in [0, 0.05) is 57.6 Å². The normalized spacial score (nSPS) is 14.4. The lowest BCUT2D eigenvalue weighted by molar-refractivity contribution is -0.124. The summed E-state index contributed by atoms with van der Waals surface area (Å²) in [4.78, 5) is 53.3. The van der Waals surface area contributed by atoms with Gasteiger partial charge >= 0.3 is 0 Å². The first-order chi connectivity index (χ1) is 44.1. The van der Waals surface area contributed by atoms with Gasteiger partial charge in [-0.15, -0.1) is 45.3 Å². The average molecular weight is 1290 g/mol. The number of unbranched alkanes of at least 4 members (excludes halogenated alkanes) is 22. The van der Waals surface area contributed by atoms with E-state index in [0.717, 1.165) is 79.4 Å². The number of carbonyl (C=O) groups excluding carboxylic acids is 2. The summed E-state index contributed by atoms with van der Waals surface area (Å²) in [6, 6.07) is 23.6. The number of aryl methyl sites for hydroxylation is 2. The summed E-state index contributed by atoms with van der Waals surface area (Å²) >= 11 is 6.86. The van der Waals surface area contributed by atoms with Crippen LogP contribution >= 0.6 is 45.3 Å². The molecular formula is C79H111N5O2S4. The standard InChI is InChI=1S/C79H111N5O2S4/c1-9-15-21-27-29-33-39-59(37-31-23-17-11-3)55-82-74(70-53-80-76(89-70)68-48-44-58(8)87-68)72-73(79(82)86)75(83(78(72)85)56-60(38-32-24-18-12-4)40-34-30-28-22-16-10-2)71-54-81-77(90-71)69-50-49-67(88-69)61-45-47-64-63-46-43-57(7)51-65(63)84(66(64)52-61)62(41-35-25-19-13-5)42-36-26-20-14-6/h43-54,59-60,62H,9-42,55-56H2,1-8H3. The van der Waals surface area contributed by atoms with Crippen molar-refractivity contribution in [2.75, 3.05) is 13.1 Å².